The zero-order chi connectivity index (χ0) is 19.1. The fraction of sp³-hybridized carbons (Fsp3) is 0.571. The fourth-order valence-electron chi connectivity index (χ4n) is 4.32. The minimum absolute atomic E-state index is 0.674. The minimum Gasteiger partial charge on any atom is -0.378 e. The summed E-state index contributed by atoms with van der Waals surface area (Å²) in [7, 11) is 0. The molecule has 0 bridgehead atoms. The normalized spacial score (nSPS) is 17.0. The van der Waals surface area contributed by atoms with Gasteiger partial charge in [0.25, 0.3) is 0 Å². The van der Waals surface area contributed by atoms with E-state index >= 15 is 0 Å². The molecule has 1 aliphatic carbocycles. The van der Waals surface area contributed by atoms with Gasteiger partial charge in [0.2, 0.25) is 0 Å². The van der Waals surface area contributed by atoms with Crippen molar-refractivity contribution in [2.24, 2.45) is 5.92 Å². The van der Waals surface area contributed by atoms with Gasteiger partial charge in [-0.3, -0.25) is 0 Å². The molecule has 1 saturated heterocycles. The van der Waals surface area contributed by atoms with E-state index in [0.717, 1.165) is 73.0 Å². The second-order valence-corrected chi connectivity index (χ2v) is 9.14. The number of nitrogens with zero attached hydrogens (tertiary/aromatic N) is 4. The summed E-state index contributed by atoms with van der Waals surface area (Å²) in [5, 5.41) is 4.79. The lowest BCUT2D eigenvalue weighted by Crippen LogP contribution is -2.37. The molecular formula is C21H27N5OS. The summed E-state index contributed by atoms with van der Waals surface area (Å²) in [6.07, 6.45) is 6.27. The largest absolute Gasteiger partial charge is 0.378 e. The SMILES string of the molecule is CC(C)CCNc1ncnc2c1sc1nc(N3CCOCC3)c3c(c12)CCC3. The first-order valence-electron chi connectivity index (χ1n) is 10.4. The lowest BCUT2D eigenvalue weighted by atomic mass is 10.1. The second kappa shape index (κ2) is 7.44. The van der Waals surface area contributed by atoms with Gasteiger partial charge < -0.3 is 15.0 Å². The molecule has 0 saturated carbocycles. The van der Waals surface area contributed by atoms with Crippen molar-refractivity contribution in [3.8, 4) is 0 Å². The van der Waals surface area contributed by atoms with Crippen LogP contribution in [0.2, 0.25) is 0 Å². The third-order valence-corrected chi connectivity index (χ3v) is 6.85. The van der Waals surface area contributed by atoms with E-state index in [9.17, 15) is 0 Å². The maximum atomic E-state index is 5.55. The zero-order valence-electron chi connectivity index (χ0n) is 16.6. The van der Waals surface area contributed by atoms with Crippen LogP contribution in [0.15, 0.2) is 6.33 Å². The molecule has 148 valence electrons. The van der Waals surface area contributed by atoms with Crippen LogP contribution in [0.25, 0.3) is 20.4 Å². The van der Waals surface area contributed by atoms with E-state index in [4.69, 9.17) is 9.72 Å². The Morgan fingerprint density at radius 1 is 1.18 bits per heavy atom. The highest BCUT2D eigenvalue weighted by molar-refractivity contribution is 7.26. The first kappa shape index (κ1) is 18.1. The van der Waals surface area contributed by atoms with Crippen molar-refractivity contribution < 1.29 is 4.74 Å². The van der Waals surface area contributed by atoms with E-state index in [-0.39, 0.29) is 0 Å². The second-order valence-electron chi connectivity index (χ2n) is 8.14. The average Bonchev–Trinajstić information content (AvgIpc) is 3.32. The number of aromatic nitrogens is 3. The number of rotatable bonds is 5. The van der Waals surface area contributed by atoms with Crippen LogP contribution in [-0.4, -0.2) is 47.8 Å². The maximum Gasteiger partial charge on any atom is 0.147 e. The van der Waals surface area contributed by atoms with Crippen LogP contribution < -0.4 is 10.2 Å². The van der Waals surface area contributed by atoms with Crippen LogP contribution in [0.1, 0.15) is 37.8 Å². The summed E-state index contributed by atoms with van der Waals surface area (Å²) < 4.78 is 6.69. The van der Waals surface area contributed by atoms with Crippen molar-refractivity contribution in [3.05, 3.63) is 17.5 Å². The predicted molar refractivity (Wildman–Crippen MR) is 116 cm³/mol. The zero-order valence-corrected chi connectivity index (χ0v) is 17.4. The minimum atomic E-state index is 0.674. The van der Waals surface area contributed by atoms with E-state index in [2.05, 4.69) is 34.0 Å². The fourth-order valence-corrected chi connectivity index (χ4v) is 5.44. The molecule has 5 rings (SSSR count). The van der Waals surface area contributed by atoms with Gasteiger partial charge in [0.15, 0.2) is 0 Å². The van der Waals surface area contributed by atoms with Gasteiger partial charge in [0, 0.05) is 25.0 Å². The molecule has 6 nitrogen and oxygen atoms in total. The molecule has 2 aliphatic rings. The molecule has 0 amide bonds. The van der Waals surface area contributed by atoms with Gasteiger partial charge in [-0.25, -0.2) is 15.0 Å². The smallest absolute Gasteiger partial charge is 0.147 e. The third kappa shape index (κ3) is 3.10. The standard InChI is InChI=1S/C21H27N5OS/c1-13(2)6-7-22-19-18-17(23-12-24-19)16-14-4-3-5-15(14)20(25-21(16)28-18)26-8-10-27-11-9-26/h12-13H,3-11H2,1-2H3,(H,22,23,24). The number of ether oxygens (including phenoxy) is 1. The number of morpholine rings is 1. The molecule has 7 heteroatoms. The molecule has 0 radical (unpaired) electrons. The Bertz CT molecular complexity index is 1010. The highest BCUT2D eigenvalue weighted by Gasteiger charge is 2.27. The van der Waals surface area contributed by atoms with Crippen molar-refractivity contribution in [1.29, 1.82) is 0 Å². The molecule has 1 fully saturated rings. The Morgan fingerprint density at radius 2 is 2.00 bits per heavy atom. The number of aryl methyl sites for hydroxylation is 1. The van der Waals surface area contributed by atoms with E-state index in [1.165, 1.54) is 28.8 Å². The Morgan fingerprint density at radius 3 is 2.82 bits per heavy atom. The van der Waals surface area contributed by atoms with Crippen LogP contribution in [-0.2, 0) is 17.6 Å². The first-order valence-corrected chi connectivity index (χ1v) is 11.2. The Hall–Kier alpha value is -1.99. The highest BCUT2D eigenvalue weighted by Crippen LogP contribution is 2.43. The molecule has 0 atom stereocenters. The van der Waals surface area contributed by atoms with Crippen molar-refractivity contribution in [2.75, 3.05) is 43.1 Å². The molecule has 0 aromatic carbocycles. The molecule has 3 aromatic rings. The molecule has 3 aromatic heterocycles. The monoisotopic (exact) mass is 397 g/mol. The van der Waals surface area contributed by atoms with E-state index < -0.39 is 0 Å². The molecule has 1 N–H and O–H groups in total. The molecule has 28 heavy (non-hydrogen) atoms. The van der Waals surface area contributed by atoms with Crippen molar-refractivity contribution in [1.82, 2.24) is 15.0 Å². The molecule has 0 unspecified atom stereocenters. The predicted octanol–water partition coefficient (Wildman–Crippen LogP) is 4.02. The summed E-state index contributed by atoms with van der Waals surface area (Å²) in [5.41, 5.74) is 3.97. The van der Waals surface area contributed by atoms with E-state index in [1.54, 1.807) is 17.7 Å². The van der Waals surface area contributed by atoms with Crippen LogP contribution in [0.4, 0.5) is 11.6 Å². The summed E-state index contributed by atoms with van der Waals surface area (Å²) in [5.74, 6) is 2.80. The number of pyridine rings is 1. The third-order valence-electron chi connectivity index (χ3n) is 5.77. The number of hydrogen-bond donors (Lipinski definition) is 1. The summed E-state index contributed by atoms with van der Waals surface area (Å²) in [4.78, 5) is 17.9. The summed E-state index contributed by atoms with van der Waals surface area (Å²) in [6.45, 7) is 8.86. The average molecular weight is 398 g/mol. The lowest BCUT2D eigenvalue weighted by molar-refractivity contribution is 0.122. The number of anilines is 2. The van der Waals surface area contributed by atoms with Crippen LogP contribution in [0.3, 0.4) is 0 Å². The van der Waals surface area contributed by atoms with Gasteiger partial charge in [-0.1, -0.05) is 13.8 Å². The topological polar surface area (TPSA) is 63.2 Å². The Labute approximate surface area is 169 Å². The van der Waals surface area contributed by atoms with Crippen molar-refractivity contribution in [2.45, 2.75) is 39.5 Å². The van der Waals surface area contributed by atoms with Crippen molar-refractivity contribution in [3.63, 3.8) is 0 Å². The lowest BCUT2D eigenvalue weighted by Gasteiger charge is -2.29. The molecule has 0 spiro atoms. The van der Waals surface area contributed by atoms with Gasteiger partial charge in [-0.2, -0.15) is 0 Å². The van der Waals surface area contributed by atoms with Crippen LogP contribution in [0.5, 0.6) is 0 Å². The molecule has 1 aliphatic heterocycles. The number of fused-ring (bicyclic) bond motifs is 5. The molecule has 4 heterocycles. The summed E-state index contributed by atoms with van der Waals surface area (Å²) >= 11 is 1.73. The maximum absolute atomic E-state index is 5.55. The quantitative estimate of drug-likeness (QED) is 0.701. The van der Waals surface area contributed by atoms with E-state index in [0.29, 0.717) is 5.92 Å². The van der Waals surface area contributed by atoms with Crippen LogP contribution >= 0.6 is 11.3 Å². The van der Waals surface area contributed by atoms with E-state index in [1.807, 2.05) is 0 Å². The summed E-state index contributed by atoms with van der Waals surface area (Å²) in [6, 6.07) is 0. The number of hydrogen-bond acceptors (Lipinski definition) is 7. The molecular weight excluding hydrogens is 370 g/mol. The first-order chi connectivity index (χ1) is 13.7. The van der Waals surface area contributed by atoms with Gasteiger partial charge in [-0.05, 0) is 42.7 Å². The Kier molecular flexibility index (Phi) is 4.80. The van der Waals surface area contributed by atoms with Gasteiger partial charge in [0.1, 0.15) is 22.8 Å². The van der Waals surface area contributed by atoms with Crippen molar-refractivity contribution >= 4 is 43.4 Å². The van der Waals surface area contributed by atoms with Gasteiger partial charge in [-0.15, -0.1) is 11.3 Å². The van der Waals surface area contributed by atoms with Crippen LogP contribution in [0, 0.1) is 5.92 Å². The highest BCUT2D eigenvalue weighted by atomic mass is 32.1. The number of thiophene rings is 1. The Balaban J connectivity index is 1.62. The number of nitrogens with one attached hydrogen (secondary N) is 1. The van der Waals surface area contributed by atoms with Gasteiger partial charge in [0.05, 0.1) is 23.4 Å². The van der Waals surface area contributed by atoms with Gasteiger partial charge >= 0.3 is 0 Å².